The number of anilines is 2. The van der Waals surface area contributed by atoms with Gasteiger partial charge in [-0.15, -0.1) is 0 Å². The normalized spacial score (nSPS) is 15.7. The summed E-state index contributed by atoms with van der Waals surface area (Å²) in [6, 6.07) is 14.4. The molecule has 1 aliphatic heterocycles. The predicted octanol–water partition coefficient (Wildman–Crippen LogP) is 3.68. The van der Waals surface area contributed by atoms with Crippen molar-refractivity contribution in [2.24, 2.45) is 0 Å². The van der Waals surface area contributed by atoms with Crippen molar-refractivity contribution in [1.29, 1.82) is 0 Å². The van der Waals surface area contributed by atoms with Crippen molar-refractivity contribution in [1.82, 2.24) is 24.6 Å². The number of carbonyl (C=O) groups is 2. The summed E-state index contributed by atoms with van der Waals surface area (Å²) in [5.74, 6) is 0.547. The van der Waals surface area contributed by atoms with Crippen molar-refractivity contribution in [2.45, 2.75) is 18.9 Å². The monoisotopic (exact) mass is 467 g/mol. The van der Waals surface area contributed by atoms with Crippen molar-refractivity contribution >= 4 is 34.4 Å². The Balaban J connectivity index is 1.47. The average molecular weight is 468 g/mol. The minimum Gasteiger partial charge on any atom is -0.383 e. The molecule has 1 saturated heterocycles. The standard InChI is InChI=1S/C26H25N7O2/c1-2-22(34)32-15-5-6-19(16-32)33-20-12-14-29-25(27)23(20)24(31-33)17-8-10-18(11-9-17)26(35)30-21-7-3-4-13-28-21/h2-4,7-14,19H,1,5-6,15-16H2,(H2,27,29)(H,28,30,35). The summed E-state index contributed by atoms with van der Waals surface area (Å²) in [6.07, 6.45) is 6.41. The first-order valence-electron chi connectivity index (χ1n) is 11.4. The van der Waals surface area contributed by atoms with Crippen LogP contribution in [0.15, 0.2) is 73.6 Å². The van der Waals surface area contributed by atoms with Crippen molar-refractivity contribution < 1.29 is 9.59 Å². The first-order valence-corrected chi connectivity index (χ1v) is 11.4. The summed E-state index contributed by atoms with van der Waals surface area (Å²) < 4.78 is 1.95. The van der Waals surface area contributed by atoms with Crippen LogP contribution in [0.2, 0.25) is 0 Å². The first-order chi connectivity index (χ1) is 17.0. The molecule has 5 rings (SSSR count). The van der Waals surface area contributed by atoms with Gasteiger partial charge in [-0.25, -0.2) is 9.97 Å². The molecule has 2 amide bonds. The number of fused-ring (bicyclic) bond motifs is 1. The first kappa shape index (κ1) is 22.3. The molecule has 0 spiro atoms. The Kier molecular flexibility index (Phi) is 5.97. The van der Waals surface area contributed by atoms with Crippen molar-refractivity contribution in [2.75, 3.05) is 24.1 Å². The highest BCUT2D eigenvalue weighted by atomic mass is 16.2. The van der Waals surface area contributed by atoms with Gasteiger partial charge < -0.3 is 16.0 Å². The van der Waals surface area contributed by atoms with Gasteiger partial charge in [-0.3, -0.25) is 14.3 Å². The molecule has 1 unspecified atom stereocenters. The molecular weight excluding hydrogens is 442 g/mol. The molecule has 0 saturated carbocycles. The van der Waals surface area contributed by atoms with E-state index in [0.29, 0.717) is 36.0 Å². The van der Waals surface area contributed by atoms with Crippen molar-refractivity contribution in [3.8, 4) is 11.3 Å². The zero-order valence-corrected chi connectivity index (χ0v) is 19.1. The number of nitrogen functional groups attached to an aromatic ring is 1. The number of amides is 2. The Morgan fingerprint density at radius 2 is 1.91 bits per heavy atom. The number of likely N-dealkylation sites (tertiary alicyclic amines) is 1. The molecule has 9 heteroatoms. The van der Waals surface area contributed by atoms with E-state index in [2.05, 4.69) is 21.9 Å². The number of hydrogen-bond donors (Lipinski definition) is 2. The number of nitrogens with two attached hydrogens (primary N) is 1. The van der Waals surface area contributed by atoms with Gasteiger partial charge in [-0.2, -0.15) is 5.10 Å². The number of carbonyl (C=O) groups excluding carboxylic acids is 2. The topological polar surface area (TPSA) is 119 Å². The van der Waals surface area contributed by atoms with Crippen LogP contribution in [0.1, 0.15) is 29.2 Å². The number of rotatable bonds is 5. The van der Waals surface area contributed by atoms with Gasteiger partial charge in [0.1, 0.15) is 17.3 Å². The van der Waals surface area contributed by atoms with E-state index in [1.165, 1.54) is 6.08 Å². The SMILES string of the molecule is C=CC(=O)N1CCCC(n2nc(-c3ccc(C(=O)Nc4ccccn4)cc3)c3c(N)nccc32)C1. The summed E-state index contributed by atoms with van der Waals surface area (Å²) in [6.45, 7) is 4.87. The maximum absolute atomic E-state index is 12.6. The van der Waals surface area contributed by atoms with Gasteiger partial charge in [0.2, 0.25) is 5.91 Å². The molecule has 176 valence electrons. The second-order valence-corrected chi connectivity index (χ2v) is 8.41. The lowest BCUT2D eigenvalue weighted by molar-refractivity contribution is -0.127. The fourth-order valence-electron chi connectivity index (χ4n) is 4.48. The van der Waals surface area contributed by atoms with Crippen LogP contribution >= 0.6 is 0 Å². The third-order valence-electron chi connectivity index (χ3n) is 6.21. The van der Waals surface area contributed by atoms with Crippen LogP contribution < -0.4 is 11.1 Å². The third kappa shape index (κ3) is 4.35. The average Bonchev–Trinajstić information content (AvgIpc) is 3.30. The van der Waals surface area contributed by atoms with E-state index in [1.54, 1.807) is 41.6 Å². The predicted molar refractivity (Wildman–Crippen MR) is 135 cm³/mol. The fourth-order valence-corrected chi connectivity index (χ4v) is 4.48. The summed E-state index contributed by atoms with van der Waals surface area (Å²) in [7, 11) is 0. The zero-order valence-electron chi connectivity index (χ0n) is 19.1. The number of hydrogen-bond acceptors (Lipinski definition) is 6. The van der Waals surface area contributed by atoms with Crippen LogP contribution in [-0.2, 0) is 4.79 Å². The molecular formula is C26H25N7O2. The lowest BCUT2D eigenvalue weighted by Gasteiger charge is -2.32. The summed E-state index contributed by atoms with van der Waals surface area (Å²) >= 11 is 0. The summed E-state index contributed by atoms with van der Waals surface area (Å²) in [5, 5.41) is 8.47. The van der Waals surface area contributed by atoms with Crippen LogP contribution in [0.5, 0.6) is 0 Å². The number of pyridine rings is 2. The number of nitrogens with zero attached hydrogens (tertiary/aromatic N) is 5. The molecule has 0 radical (unpaired) electrons. The Bertz CT molecular complexity index is 1400. The van der Waals surface area contributed by atoms with Crippen LogP contribution in [0, 0.1) is 0 Å². The maximum Gasteiger partial charge on any atom is 0.256 e. The number of benzene rings is 1. The highest BCUT2D eigenvalue weighted by Gasteiger charge is 2.27. The van der Waals surface area contributed by atoms with Crippen molar-refractivity contribution in [3.05, 3.63) is 79.1 Å². The molecule has 4 aromatic rings. The summed E-state index contributed by atoms with van der Waals surface area (Å²) in [4.78, 5) is 35.0. The molecule has 1 atom stereocenters. The van der Waals surface area contributed by atoms with E-state index in [-0.39, 0.29) is 17.9 Å². The van der Waals surface area contributed by atoms with Crippen LogP contribution in [0.25, 0.3) is 22.2 Å². The van der Waals surface area contributed by atoms with E-state index in [9.17, 15) is 9.59 Å². The van der Waals surface area contributed by atoms with E-state index < -0.39 is 0 Å². The van der Waals surface area contributed by atoms with Gasteiger partial charge in [-0.05, 0) is 49.2 Å². The van der Waals surface area contributed by atoms with E-state index in [1.807, 2.05) is 28.9 Å². The lowest BCUT2D eigenvalue weighted by Crippen LogP contribution is -2.40. The number of nitrogens with one attached hydrogen (secondary N) is 1. The van der Waals surface area contributed by atoms with Gasteiger partial charge in [0, 0.05) is 36.6 Å². The smallest absolute Gasteiger partial charge is 0.256 e. The van der Waals surface area contributed by atoms with Gasteiger partial charge >= 0.3 is 0 Å². The van der Waals surface area contributed by atoms with Crippen LogP contribution in [0.3, 0.4) is 0 Å². The van der Waals surface area contributed by atoms with Gasteiger partial charge in [0.05, 0.1) is 16.9 Å². The van der Waals surface area contributed by atoms with Gasteiger partial charge in [0.25, 0.3) is 5.91 Å². The largest absolute Gasteiger partial charge is 0.383 e. The van der Waals surface area contributed by atoms with Gasteiger partial charge in [-0.1, -0.05) is 24.8 Å². The Morgan fingerprint density at radius 1 is 1.09 bits per heavy atom. The molecule has 1 fully saturated rings. The zero-order chi connectivity index (χ0) is 24.4. The minimum atomic E-state index is -0.249. The highest BCUT2D eigenvalue weighted by Crippen LogP contribution is 2.34. The quantitative estimate of drug-likeness (QED) is 0.432. The maximum atomic E-state index is 12.6. The third-order valence-corrected chi connectivity index (χ3v) is 6.21. The molecule has 9 nitrogen and oxygen atoms in total. The molecule has 3 N–H and O–H groups in total. The van der Waals surface area contributed by atoms with Crippen molar-refractivity contribution in [3.63, 3.8) is 0 Å². The second-order valence-electron chi connectivity index (χ2n) is 8.41. The molecule has 0 aliphatic carbocycles. The number of aromatic nitrogens is 4. The Hall–Kier alpha value is -4.53. The highest BCUT2D eigenvalue weighted by molar-refractivity contribution is 6.05. The molecule has 1 aromatic carbocycles. The van der Waals surface area contributed by atoms with E-state index in [4.69, 9.17) is 10.8 Å². The molecule has 4 heterocycles. The van der Waals surface area contributed by atoms with E-state index in [0.717, 1.165) is 29.3 Å². The van der Waals surface area contributed by atoms with Gasteiger partial charge in [0.15, 0.2) is 0 Å². The van der Waals surface area contributed by atoms with Crippen LogP contribution in [-0.4, -0.2) is 49.6 Å². The lowest BCUT2D eigenvalue weighted by atomic mass is 10.0. The summed E-state index contributed by atoms with van der Waals surface area (Å²) in [5.41, 5.74) is 9.16. The Morgan fingerprint density at radius 3 is 2.66 bits per heavy atom. The molecule has 0 bridgehead atoms. The van der Waals surface area contributed by atoms with Crippen LogP contribution in [0.4, 0.5) is 11.6 Å². The second kappa shape index (κ2) is 9.38. The van der Waals surface area contributed by atoms with E-state index >= 15 is 0 Å². The molecule has 35 heavy (non-hydrogen) atoms. The fraction of sp³-hybridized carbons (Fsp3) is 0.192. The molecule has 1 aliphatic rings. The minimum absolute atomic E-state index is 0.00845. The Labute approximate surface area is 202 Å². The number of piperidine rings is 1. The molecule has 3 aromatic heterocycles.